The number of carbonyl (C=O) groups excluding carboxylic acids is 1. The first-order chi connectivity index (χ1) is 12.6. The van der Waals surface area contributed by atoms with Crippen molar-refractivity contribution in [3.05, 3.63) is 59.7 Å². The van der Waals surface area contributed by atoms with Crippen LogP contribution in [0, 0.1) is 6.92 Å². The number of amides is 1. The number of oxazole rings is 1. The van der Waals surface area contributed by atoms with E-state index in [0.717, 1.165) is 16.8 Å². The zero-order valence-corrected chi connectivity index (χ0v) is 15.2. The van der Waals surface area contributed by atoms with Gasteiger partial charge in [0.05, 0.1) is 11.9 Å². The molecule has 7 heteroatoms. The van der Waals surface area contributed by atoms with Crippen molar-refractivity contribution in [3.63, 3.8) is 0 Å². The molecule has 2 heterocycles. The molecule has 2 aromatic heterocycles. The van der Waals surface area contributed by atoms with Crippen LogP contribution in [0.5, 0.6) is 0 Å². The number of nitrogens with one attached hydrogen (secondary N) is 2. The summed E-state index contributed by atoms with van der Waals surface area (Å²) in [6.07, 6.45) is 5.75. The first-order valence-electron chi connectivity index (χ1n) is 8.52. The molecule has 2 N–H and O–H groups in total. The van der Waals surface area contributed by atoms with Crippen LogP contribution < -0.4 is 10.6 Å². The maximum Gasteiger partial charge on any atom is 0.241 e. The fraction of sp³-hybridized carbons (Fsp3) is 0.316. The Bertz CT molecular complexity index is 866. The summed E-state index contributed by atoms with van der Waals surface area (Å²) in [7, 11) is 3.58. The van der Waals surface area contributed by atoms with Crippen LogP contribution in [0.15, 0.2) is 47.3 Å². The molecule has 0 saturated carbocycles. The standard InChI is InChI=1S/C19H23N5O2/c1-13-4-6-14(7-5-13)19-23-16(12-26-19)8-9-21-18(25)17(20-2)15-10-22-24(3)11-15/h4-7,10-12,17,20H,8-9H2,1-3H3,(H,21,25). The Morgan fingerprint density at radius 2 is 2.08 bits per heavy atom. The van der Waals surface area contributed by atoms with Crippen molar-refractivity contribution in [1.29, 1.82) is 0 Å². The molecule has 26 heavy (non-hydrogen) atoms. The summed E-state index contributed by atoms with van der Waals surface area (Å²) in [6, 6.07) is 7.59. The van der Waals surface area contributed by atoms with Crippen LogP contribution in [0.3, 0.4) is 0 Å². The van der Waals surface area contributed by atoms with E-state index < -0.39 is 6.04 Å². The molecule has 0 fully saturated rings. The highest BCUT2D eigenvalue weighted by molar-refractivity contribution is 5.83. The van der Waals surface area contributed by atoms with Gasteiger partial charge in [0.2, 0.25) is 11.8 Å². The lowest BCUT2D eigenvalue weighted by molar-refractivity contribution is -0.123. The fourth-order valence-corrected chi connectivity index (χ4v) is 2.70. The number of aromatic nitrogens is 3. The van der Waals surface area contributed by atoms with Crippen LogP contribution in [0.4, 0.5) is 0 Å². The maximum absolute atomic E-state index is 12.4. The van der Waals surface area contributed by atoms with Gasteiger partial charge < -0.3 is 15.1 Å². The highest BCUT2D eigenvalue weighted by atomic mass is 16.3. The van der Waals surface area contributed by atoms with Gasteiger partial charge in [-0.3, -0.25) is 9.48 Å². The predicted octanol–water partition coefficient (Wildman–Crippen LogP) is 2.00. The van der Waals surface area contributed by atoms with Gasteiger partial charge >= 0.3 is 0 Å². The first-order valence-corrected chi connectivity index (χ1v) is 8.52. The molecular weight excluding hydrogens is 330 g/mol. The van der Waals surface area contributed by atoms with E-state index in [4.69, 9.17) is 4.42 Å². The lowest BCUT2D eigenvalue weighted by Crippen LogP contribution is -2.36. The van der Waals surface area contributed by atoms with Crippen molar-refractivity contribution in [2.24, 2.45) is 7.05 Å². The second-order valence-electron chi connectivity index (χ2n) is 6.22. The third-order valence-corrected chi connectivity index (χ3v) is 4.14. The van der Waals surface area contributed by atoms with E-state index in [0.29, 0.717) is 18.9 Å². The SMILES string of the molecule is CNC(C(=O)NCCc1coc(-c2ccc(C)cc2)n1)c1cnn(C)c1. The highest BCUT2D eigenvalue weighted by Crippen LogP contribution is 2.19. The molecule has 7 nitrogen and oxygen atoms in total. The lowest BCUT2D eigenvalue weighted by Gasteiger charge is -2.14. The zero-order valence-electron chi connectivity index (χ0n) is 15.2. The number of hydrogen-bond acceptors (Lipinski definition) is 5. The van der Waals surface area contributed by atoms with Crippen molar-refractivity contribution in [2.75, 3.05) is 13.6 Å². The summed E-state index contributed by atoms with van der Waals surface area (Å²) in [4.78, 5) is 16.9. The first kappa shape index (κ1) is 17.9. The molecule has 136 valence electrons. The average molecular weight is 353 g/mol. The predicted molar refractivity (Wildman–Crippen MR) is 98.4 cm³/mol. The normalized spacial score (nSPS) is 12.1. The molecule has 1 atom stereocenters. The van der Waals surface area contributed by atoms with Crippen molar-refractivity contribution >= 4 is 5.91 Å². The number of benzene rings is 1. The fourth-order valence-electron chi connectivity index (χ4n) is 2.70. The van der Waals surface area contributed by atoms with Gasteiger partial charge in [-0.25, -0.2) is 4.98 Å². The van der Waals surface area contributed by atoms with Crippen LogP contribution in [-0.2, 0) is 18.3 Å². The largest absolute Gasteiger partial charge is 0.444 e. The van der Waals surface area contributed by atoms with E-state index in [9.17, 15) is 4.79 Å². The second-order valence-corrected chi connectivity index (χ2v) is 6.22. The Morgan fingerprint density at radius 3 is 2.73 bits per heavy atom. The minimum atomic E-state index is -0.427. The molecule has 3 rings (SSSR count). The van der Waals surface area contributed by atoms with E-state index >= 15 is 0 Å². The monoisotopic (exact) mass is 353 g/mol. The molecule has 0 radical (unpaired) electrons. The Labute approximate surface area is 152 Å². The highest BCUT2D eigenvalue weighted by Gasteiger charge is 2.19. The topological polar surface area (TPSA) is 85.0 Å². The second kappa shape index (κ2) is 7.97. The summed E-state index contributed by atoms with van der Waals surface area (Å²) in [6.45, 7) is 2.52. The number of aryl methyl sites for hydroxylation is 2. The summed E-state index contributed by atoms with van der Waals surface area (Å²) >= 11 is 0. The van der Waals surface area contributed by atoms with E-state index in [1.807, 2.05) is 44.4 Å². The molecule has 0 spiro atoms. The van der Waals surface area contributed by atoms with Crippen molar-refractivity contribution < 1.29 is 9.21 Å². The van der Waals surface area contributed by atoms with Gasteiger partial charge in [0.15, 0.2) is 0 Å². The average Bonchev–Trinajstić information content (AvgIpc) is 3.26. The van der Waals surface area contributed by atoms with E-state index in [1.54, 1.807) is 24.2 Å². The minimum absolute atomic E-state index is 0.0947. The maximum atomic E-state index is 12.4. The van der Waals surface area contributed by atoms with Gasteiger partial charge in [0.1, 0.15) is 12.3 Å². The molecular formula is C19H23N5O2. The number of likely N-dealkylation sites (N-methyl/N-ethyl adjacent to an activating group) is 1. The van der Waals surface area contributed by atoms with Crippen molar-refractivity contribution in [1.82, 2.24) is 25.4 Å². The van der Waals surface area contributed by atoms with E-state index in [-0.39, 0.29) is 5.91 Å². The quantitative estimate of drug-likeness (QED) is 0.679. The van der Waals surface area contributed by atoms with Gasteiger partial charge in [0.25, 0.3) is 0 Å². The van der Waals surface area contributed by atoms with Crippen LogP contribution in [0.25, 0.3) is 11.5 Å². The summed E-state index contributed by atoms with van der Waals surface area (Å²) in [5, 5.41) is 10.0. The lowest BCUT2D eigenvalue weighted by atomic mass is 10.1. The minimum Gasteiger partial charge on any atom is -0.444 e. The Morgan fingerprint density at radius 1 is 1.31 bits per heavy atom. The molecule has 1 aromatic carbocycles. The van der Waals surface area contributed by atoms with Crippen LogP contribution in [-0.4, -0.2) is 34.3 Å². The number of rotatable bonds is 7. The van der Waals surface area contributed by atoms with Crippen molar-refractivity contribution in [3.8, 4) is 11.5 Å². The zero-order chi connectivity index (χ0) is 18.5. The summed E-state index contributed by atoms with van der Waals surface area (Å²) < 4.78 is 7.22. The molecule has 3 aromatic rings. The van der Waals surface area contributed by atoms with Gasteiger partial charge in [-0.15, -0.1) is 0 Å². The van der Waals surface area contributed by atoms with Gasteiger partial charge in [-0.2, -0.15) is 5.10 Å². The van der Waals surface area contributed by atoms with Crippen LogP contribution in [0.1, 0.15) is 22.9 Å². The third-order valence-electron chi connectivity index (χ3n) is 4.14. The van der Waals surface area contributed by atoms with E-state index in [2.05, 4.69) is 20.7 Å². The summed E-state index contributed by atoms with van der Waals surface area (Å²) in [5.74, 6) is 0.498. The molecule has 0 saturated heterocycles. The molecule has 1 amide bonds. The van der Waals surface area contributed by atoms with Crippen molar-refractivity contribution in [2.45, 2.75) is 19.4 Å². The third kappa shape index (κ3) is 4.18. The van der Waals surface area contributed by atoms with Gasteiger partial charge in [-0.1, -0.05) is 17.7 Å². The van der Waals surface area contributed by atoms with Crippen LogP contribution >= 0.6 is 0 Å². The summed E-state index contributed by atoms with van der Waals surface area (Å²) in [5.41, 5.74) is 3.77. The Kier molecular flexibility index (Phi) is 5.48. The molecule has 0 aliphatic heterocycles. The Balaban J connectivity index is 1.54. The number of carbonyl (C=O) groups is 1. The number of nitrogens with zero attached hydrogens (tertiary/aromatic N) is 3. The smallest absolute Gasteiger partial charge is 0.241 e. The van der Waals surface area contributed by atoms with Gasteiger partial charge in [-0.05, 0) is 26.1 Å². The van der Waals surface area contributed by atoms with Crippen LogP contribution in [0.2, 0.25) is 0 Å². The molecule has 0 aliphatic carbocycles. The molecule has 0 aliphatic rings. The molecule has 0 bridgehead atoms. The van der Waals surface area contributed by atoms with E-state index in [1.165, 1.54) is 5.56 Å². The Hall–Kier alpha value is -2.93. The molecule has 1 unspecified atom stereocenters. The van der Waals surface area contributed by atoms with Gasteiger partial charge in [0, 0.05) is 37.3 Å². The number of hydrogen-bond donors (Lipinski definition) is 2.